The fourth-order valence-corrected chi connectivity index (χ4v) is 1.97. The van der Waals surface area contributed by atoms with Crippen LogP contribution < -0.4 is 10.5 Å². The average molecular weight is 198 g/mol. The number of nitrogens with two attached hydrogens (primary N) is 1. The van der Waals surface area contributed by atoms with Crippen molar-refractivity contribution in [2.75, 3.05) is 6.61 Å². The Morgan fingerprint density at radius 3 is 3.08 bits per heavy atom. The summed E-state index contributed by atoms with van der Waals surface area (Å²) >= 11 is 5.93. The van der Waals surface area contributed by atoms with Crippen LogP contribution in [-0.2, 0) is 6.42 Å². The zero-order chi connectivity index (χ0) is 9.42. The zero-order valence-corrected chi connectivity index (χ0v) is 8.27. The van der Waals surface area contributed by atoms with Gasteiger partial charge in [0.15, 0.2) is 0 Å². The van der Waals surface area contributed by atoms with Crippen molar-refractivity contribution in [1.29, 1.82) is 0 Å². The summed E-state index contributed by atoms with van der Waals surface area (Å²) in [6.45, 7) is 2.67. The van der Waals surface area contributed by atoms with E-state index in [1.807, 2.05) is 12.1 Å². The molecule has 1 aliphatic heterocycles. The van der Waals surface area contributed by atoms with Crippen LogP contribution in [0.4, 0.5) is 0 Å². The smallest absolute Gasteiger partial charge is 0.126 e. The third-order valence-electron chi connectivity index (χ3n) is 2.36. The van der Waals surface area contributed by atoms with E-state index in [9.17, 15) is 0 Å². The van der Waals surface area contributed by atoms with E-state index in [1.54, 1.807) is 0 Å². The molecule has 0 spiro atoms. The van der Waals surface area contributed by atoms with E-state index in [1.165, 1.54) is 5.56 Å². The third-order valence-corrected chi connectivity index (χ3v) is 2.58. The van der Waals surface area contributed by atoms with Crippen LogP contribution in [-0.4, -0.2) is 6.61 Å². The molecule has 0 aromatic heterocycles. The van der Waals surface area contributed by atoms with Crippen LogP contribution in [0.2, 0.25) is 5.02 Å². The molecule has 0 saturated carbocycles. The van der Waals surface area contributed by atoms with Crippen LogP contribution in [0.5, 0.6) is 5.75 Å². The molecule has 2 N–H and O–H groups in total. The molecule has 0 amide bonds. The molecule has 2 nitrogen and oxygen atoms in total. The van der Waals surface area contributed by atoms with Gasteiger partial charge in [-0.15, -0.1) is 0 Å². The van der Waals surface area contributed by atoms with Gasteiger partial charge in [-0.3, -0.25) is 0 Å². The second-order valence-electron chi connectivity index (χ2n) is 3.25. The SMILES string of the molecule is CCc1cc(Cl)cc2c1C(N)CO2. The number of ether oxygens (including phenoxy) is 1. The molecule has 0 saturated heterocycles. The Kier molecular flexibility index (Phi) is 2.18. The summed E-state index contributed by atoms with van der Waals surface area (Å²) < 4.78 is 5.42. The predicted molar refractivity (Wildman–Crippen MR) is 53.3 cm³/mol. The molecule has 0 fully saturated rings. The van der Waals surface area contributed by atoms with Gasteiger partial charge in [0.1, 0.15) is 12.4 Å². The van der Waals surface area contributed by atoms with Crippen LogP contribution in [0.3, 0.4) is 0 Å². The molecule has 1 aliphatic rings. The van der Waals surface area contributed by atoms with Crippen molar-refractivity contribution in [2.24, 2.45) is 5.73 Å². The van der Waals surface area contributed by atoms with Gasteiger partial charge >= 0.3 is 0 Å². The Morgan fingerprint density at radius 1 is 1.62 bits per heavy atom. The van der Waals surface area contributed by atoms with Gasteiger partial charge in [-0.25, -0.2) is 0 Å². The van der Waals surface area contributed by atoms with Gasteiger partial charge in [-0.05, 0) is 24.1 Å². The average Bonchev–Trinajstić information content (AvgIpc) is 2.46. The lowest BCUT2D eigenvalue weighted by molar-refractivity contribution is 0.333. The summed E-state index contributed by atoms with van der Waals surface area (Å²) in [5.74, 6) is 0.858. The molecule has 3 heteroatoms. The van der Waals surface area contributed by atoms with E-state index >= 15 is 0 Å². The number of aryl methyl sites for hydroxylation is 1. The maximum Gasteiger partial charge on any atom is 0.126 e. The van der Waals surface area contributed by atoms with E-state index in [2.05, 4.69) is 6.92 Å². The number of rotatable bonds is 1. The first-order valence-electron chi connectivity index (χ1n) is 4.43. The number of hydrogen-bond donors (Lipinski definition) is 1. The Hall–Kier alpha value is -0.730. The maximum absolute atomic E-state index is 5.93. The Morgan fingerprint density at radius 2 is 2.38 bits per heavy atom. The normalized spacial score (nSPS) is 19.8. The van der Waals surface area contributed by atoms with Crippen molar-refractivity contribution in [3.05, 3.63) is 28.3 Å². The lowest BCUT2D eigenvalue weighted by Crippen LogP contribution is -2.12. The summed E-state index contributed by atoms with van der Waals surface area (Å²) in [4.78, 5) is 0. The minimum Gasteiger partial charge on any atom is -0.491 e. The molecule has 70 valence electrons. The van der Waals surface area contributed by atoms with Gasteiger partial charge < -0.3 is 10.5 Å². The first-order valence-corrected chi connectivity index (χ1v) is 4.81. The Balaban J connectivity index is 2.57. The third kappa shape index (κ3) is 1.40. The van der Waals surface area contributed by atoms with Crippen molar-refractivity contribution < 1.29 is 4.74 Å². The largest absolute Gasteiger partial charge is 0.491 e. The second-order valence-corrected chi connectivity index (χ2v) is 3.68. The molecule has 1 atom stereocenters. The van der Waals surface area contributed by atoms with Gasteiger partial charge in [0.2, 0.25) is 0 Å². The van der Waals surface area contributed by atoms with E-state index in [4.69, 9.17) is 22.1 Å². The number of hydrogen-bond acceptors (Lipinski definition) is 2. The fraction of sp³-hybridized carbons (Fsp3) is 0.400. The summed E-state index contributed by atoms with van der Waals surface area (Å²) in [6.07, 6.45) is 0.944. The Bertz CT molecular complexity index is 338. The first-order chi connectivity index (χ1) is 6.22. The van der Waals surface area contributed by atoms with Gasteiger partial charge in [0.25, 0.3) is 0 Å². The summed E-state index contributed by atoms with van der Waals surface area (Å²) in [7, 11) is 0. The Labute approximate surface area is 82.6 Å². The molecule has 1 heterocycles. The minimum atomic E-state index is 0.0159. The van der Waals surface area contributed by atoms with E-state index in [0.29, 0.717) is 6.61 Å². The lowest BCUT2D eigenvalue weighted by Gasteiger charge is -2.07. The molecule has 0 aliphatic carbocycles. The zero-order valence-electron chi connectivity index (χ0n) is 7.51. The number of fused-ring (bicyclic) bond motifs is 1. The second kappa shape index (κ2) is 3.20. The molecule has 0 radical (unpaired) electrons. The van der Waals surface area contributed by atoms with Crippen LogP contribution >= 0.6 is 11.6 Å². The summed E-state index contributed by atoms with van der Waals surface area (Å²) in [5, 5.41) is 0.727. The van der Waals surface area contributed by atoms with Crippen LogP contribution in [0.15, 0.2) is 12.1 Å². The number of halogens is 1. The van der Waals surface area contributed by atoms with Gasteiger partial charge in [0.05, 0.1) is 6.04 Å². The van der Waals surface area contributed by atoms with Crippen LogP contribution in [0.1, 0.15) is 24.1 Å². The van der Waals surface area contributed by atoms with Crippen LogP contribution in [0.25, 0.3) is 0 Å². The van der Waals surface area contributed by atoms with Crippen molar-refractivity contribution >= 4 is 11.6 Å². The molecular weight excluding hydrogens is 186 g/mol. The van der Waals surface area contributed by atoms with Gasteiger partial charge in [0, 0.05) is 10.6 Å². The monoisotopic (exact) mass is 197 g/mol. The van der Waals surface area contributed by atoms with Gasteiger partial charge in [-0.1, -0.05) is 18.5 Å². The quantitative estimate of drug-likeness (QED) is 0.750. The van der Waals surface area contributed by atoms with Crippen LogP contribution in [0, 0.1) is 0 Å². The predicted octanol–water partition coefficient (Wildman–Crippen LogP) is 2.29. The molecule has 1 aromatic carbocycles. The van der Waals surface area contributed by atoms with E-state index in [-0.39, 0.29) is 6.04 Å². The highest BCUT2D eigenvalue weighted by atomic mass is 35.5. The van der Waals surface area contributed by atoms with Gasteiger partial charge in [-0.2, -0.15) is 0 Å². The van der Waals surface area contributed by atoms with E-state index in [0.717, 1.165) is 22.8 Å². The topological polar surface area (TPSA) is 35.2 Å². The van der Waals surface area contributed by atoms with Crippen molar-refractivity contribution in [3.8, 4) is 5.75 Å². The van der Waals surface area contributed by atoms with Crippen molar-refractivity contribution in [1.82, 2.24) is 0 Å². The molecule has 1 unspecified atom stereocenters. The summed E-state index contributed by atoms with van der Waals surface area (Å²) in [5.41, 5.74) is 8.24. The molecule has 0 bridgehead atoms. The van der Waals surface area contributed by atoms with Crippen molar-refractivity contribution in [2.45, 2.75) is 19.4 Å². The van der Waals surface area contributed by atoms with Crippen molar-refractivity contribution in [3.63, 3.8) is 0 Å². The molecule has 1 aromatic rings. The molecule has 2 rings (SSSR count). The highest BCUT2D eigenvalue weighted by molar-refractivity contribution is 6.30. The highest BCUT2D eigenvalue weighted by Gasteiger charge is 2.23. The van der Waals surface area contributed by atoms with E-state index < -0.39 is 0 Å². The molecule has 13 heavy (non-hydrogen) atoms. The minimum absolute atomic E-state index is 0.0159. The lowest BCUT2D eigenvalue weighted by atomic mass is 10.0. The highest BCUT2D eigenvalue weighted by Crippen LogP contribution is 2.36. The standard InChI is InChI=1S/C10H12ClNO/c1-2-6-3-7(11)4-9-10(6)8(12)5-13-9/h3-4,8H,2,5,12H2,1H3. The first kappa shape index (κ1) is 8.85. The summed E-state index contributed by atoms with van der Waals surface area (Å²) in [6, 6.07) is 3.82. The fourth-order valence-electron chi connectivity index (χ4n) is 1.74. The molecular formula is C10H12ClNO. The number of benzene rings is 1. The maximum atomic E-state index is 5.93.